The van der Waals surface area contributed by atoms with Crippen molar-refractivity contribution in [1.82, 2.24) is 0 Å². The van der Waals surface area contributed by atoms with Crippen LogP contribution >= 0.6 is 7.82 Å². The van der Waals surface area contributed by atoms with E-state index in [1.807, 2.05) is 0 Å². The van der Waals surface area contributed by atoms with Gasteiger partial charge in [0.15, 0.2) is 6.10 Å². The molecule has 0 aromatic heterocycles. The van der Waals surface area contributed by atoms with Crippen LogP contribution in [-0.2, 0) is 32.7 Å². The van der Waals surface area contributed by atoms with Crippen molar-refractivity contribution in [3.63, 3.8) is 0 Å². The molecule has 10 heteroatoms. The fourth-order valence-electron chi connectivity index (χ4n) is 6.36. The summed E-state index contributed by atoms with van der Waals surface area (Å²) in [5.74, 6) is -0.845. The Morgan fingerprint density at radius 1 is 0.492 bits per heavy atom. The van der Waals surface area contributed by atoms with Crippen LogP contribution in [0.4, 0.5) is 0 Å². The summed E-state index contributed by atoms with van der Waals surface area (Å²) in [4.78, 5) is 34.7. The molecule has 0 spiro atoms. The first-order valence-corrected chi connectivity index (χ1v) is 26.2. The second kappa shape index (κ2) is 48.4. The predicted octanol–water partition coefficient (Wildman–Crippen LogP) is 14.9. The summed E-state index contributed by atoms with van der Waals surface area (Å²) in [6.07, 6.45) is 63.4. The van der Waals surface area contributed by atoms with Gasteiger partial charge >= 0.3 is 19.8 Å². The van der Waals surface area contributed by atoms with Crippen LogP contribution in [-0.4, -0.2) is 49.3 Å². The van der Waals surface area contributed by atoms with E-state index in [0.717, 1.165) is 103 Å². The SMILES string of the molecule is CC/C=C\C/C=C\C/C=C\C/C=C\C/C=C\C/C=C\C/C=C\C/C=C\CCCCCCCCCCCCC(=O)OC(COC(=O)CCCCCCCCC)COP(=O)(O)OCCN. The third-order valence-electron chi connectivity index (χ3n) is 9.98. The largest absolute Gasteiger partial charge is 0.472 e. The number of unbranched alkanes of at least 4 members (excludes halogenated alkanes) is 16. The van der Waals surface area contributed by atoms with Gasteiger partial charge in [-0.25, -0.2) is 4.57 Å². The fourth-order valence-corrected chi connectivity index (χ4v) is 7.12. The van der Waals surface area contributed by atoms with E-state index < -0.39 is 32.5 Å². The van der Waals surface area contributed by atoms with Gasteiger partial charge in [0.05, 0.1) is 13.2 Å². The molecule has 0 aliphatic heterocycles. The number of hydrogen-bond acceptors (Lipinski definition) is 8. The van der Waals surface area contributed by atoms with Gasteiger partial charge in [-0.05, 0) is 77.0 Å². The third-order valence-corrected chi connectivity index (χ3v) is 11.0. The van der Waals surface area contributed by atoms with Crippen LogP contribution in [0.2, 0.25) is 0 Å². The Balaban J connectivity index is 3.92. The van der Waals surface area contributed by atoms with E-state index in [0.29, 0.717) is 6.42 Å². The van der Waals surface area contributed by atoms with Crippen molar-refractivity contribution in [3.05, 3.63) is 97.2 Å². The molecule has 0 fully saturated rings. The maximum atomic E-state index is 12.6. The molecule has 0 rings (SSSR count). The van der Waals surface area contributed by atoms with Gasteiger partial charge in [0.25, 0.3) is 0 Å². The molecule has 0 heterocycles. The molecule has 63 heavy (non-hydrogen) atoms. The molecule has 0 aromatic carbocycles. The number of allylic oxidation sites excluding steroid dienone is 16. The highest BCUT2D eigenvalue weighted by Crippen LogP contribution is 2.43. The molecule has 2 unspecified atom stereocenters. The van der Waals surface area contributed by atoms with Gasteiger partial charge in [0, 0.05) is 19.4 Å². The summed E-state index contributed by atoms with van der Waals surface area (Å²) in [5.41, 5.74) is 5.34. The van der Waals surface area contributed by atoms with Crippen LogP contribution < -0.4 is 5.73 Å². The zero-order chi connectivity index (χ0) is 46.0. The summed E-state index contributed by atoms with van der Waals surface area (Å²) in [5, 5.41) is 0. The Morgan fingerprint density at radius 3 is 1.30 bits per heavy atom. The quantitative estimate of drug-likeness (QED) is 0.0265. The molecule has 0 amide bonds. The molecule has 3 N–H and O–H groups in total. The van der Waals surface area contributed by atoms with E-state index in [4.69, 9.17) is 24.3 Å². The van der Waals surface area contributed by atoms with Gasteiger partial charge in [-0.3, -0.25) is 18.6 Å². The van der Waals surface area contributed by atoms with Crippen molar-refractivity contribution in [3.8, 4) is 0 Å². The van der Waals surface area contributed by atoms with Crippen LogP contribution in [0.3, 0.4) is 0 Å². The first-order valence-electron chi connectivity index (χ1n) is 24.7. The predicted molar refractivity (Wildman–Crippen MR) is 265 cm³/mol. The highest BCUT2D eigenvalue weighted by Gasteiger charge is 2.26. The summed E-state index contributed by atoms with van der Waals surface area (Å²) in [7, 11) is -4.38. The number of phosphoric acid groups is 1. The average Bonchev–Trinajstić information content (AvgIpc) is 3.27. The van der Waals surface area contributed by atoms with E-state index in [1.54, 1.807) is 0 Å². The number of phosphoric ester groups is 1. The van der Waals surface area contributed by atoms with Gasteiger partial charge in [-0.2, -0.15) is 0 Å². The zero-order valence-electron chi connectivity index (χ0n) is 39.8. The molecule has 0 bridgehead atoms. The van der Waals surface area contributed by atoms with Gasteiger partial charge in [-0.1, -0.05) is 201 Å². The first kappa shape index (κ1) is 59.9. The molecule has 0 aromatic rings. The summed E-state index contributed by atoms with van der Waals surface area (Å²) >= 11 is 0. The van der Waals surface area contributed by atoms with Crippen LogP contribution in [0.1, 0.15) is 194 Å². The lowest BCUT2D eigenvalue weighted by molar-refractivity contribution is -0.161. The van der Waals surface area contributed by atoms with E-state index in [-0.39, 0.29) is 32.6 Å². The van der Waals surface area contributed by atoms with Crippen molar-refractivity contribution < 1.29 is 37.6 Å². The van der Waals surface area contributed by atoms with Crippen molar-refractivity contribution in [2.24, 2.45) is 5.73 Å². The van der Waals surface area contributed by atoms with Gasteiger partial charge in [-0.15, -0.1) is 0 Å². The molecule has 0 aliphatic carbocycles. The maximum Gasteiger partial charge on any atom is 0.472 e. The molecule has 0 radical (unpaired) electrons. The highest BCUT2D eigenvalue weighted by atomic mass is 31.2. The summed E-state index contributed by atoms with van der Waals surface area (Å²) in [6, 6.07) is 0. The lowest BCUT2D eigenvalue weighted by Gasteiger charge is -2.19. The molecule has 360 valence electrons. The van der Waals surface area contributed by atoms with Gasteiger partial charge < -0.3 is 20.1 Å². The van der Waals surface area contributed by atoms with Crippen LogP contribution in [0, 0.1) is 0 Å². The number of ether oxygens (including phenoxy) is 2. The highest BCUT2D eigenvalue weighted by molar-refractivity contribution is 7.47. The minimum atomic E-state index is -4.38. The van der Waals surface area contributed by atoms with Crippen LogP contribution in [0.25, 0.3) is 0 Å². The zero-order valence-corrected chi connectivity index (χ0v) is 40.7. The second-order valence-corrected chi connectivity index (χ2v) is 17.4. The Labute approximate surface area is 385 Å². The number of carbonyl (C=O) groups excluding carboxylic acids is 2. The molecule has 0 saturated carbocycles. The Kier molecular flexibility index (Phi) is 46.0. The van der Waals surface area contributed by atoms with Crippen molar-refractivity contribution in [2.45, 2.75) is 200 Å². The van der Waals surface area contributed by atoms with E-state index in [1.165, 1.54) is 57.8 Å². The summed E-state index contributed by atoms with van der Waals surface area (Å²) < 4.78 is 32.7. The minimum absolute atomic E-state index is 0.0494. The molecule has 0 aliphatic rings. The topological polar surface area (TPSA) is 134 Å². The van der Waals surface area contributed by atoms with E-state index in [9.17, 15) is 19.0 Å². The lowest BCUT2D eigenvalue weighted by Crippen LogP contribution is -2.29. The fraction of sp³-hybridized carbons (Fsp3) is 0.660. The lowest BCUT2D eigenvalue weighted by atomic mass is 10.0. The molecule has 9 nitrogen and oxygen atoms in total. The molecular weight excluding hydrogens is 810 g/mol. The van der Waals surface area contributed by atoms with Gasteiger partial charge in [0.2, 0.25) is 0 Å². The van der Waals surface area contributed by atoms with Gasteiger partial charge in [0.1, 0.15) is 6.61 Å². The number of carbonyl (C=O) groups is 2. The first-order chi connectivity index (χ1) is 30.8. The second-order valence-electron chi connectivity index (χ2n) is 16.0. The maximum absolute atomic E-state index is 12.6. The Bertz CT molecular complexity index is 1350. The molecule has 2 atom stereocenters. The summed E-state index contributed by atoms with van der Waals surface area (Å²) in [6.45, 7) is 3.55. The van der Waals surface area contributed by atoms with Crippen molar-refractivity contribution in [1.29, 1.82) is 0 Å². The average molecular weight is 900 g/mol. The molecule has 0 saturated heterocycles. The monoisotopic (exact) mass is 900 g/mol. The number of hydrogen-bond donors (Lipinski definition) is 2. The Morgan fingerprint density at radius 2 is 0.873 bits per heavy atom. The Hall–Kier alpha value is -3.07. The smallest absolute Gasteiger partial charge is 0.462 e. The van der Waals surface area contributed by atoms with Crippen LogP contribution in [0.15, 0.2) is 97.2 Å². The van der Waals surface area contributed by atoms with Crippen molar-refractivity contribution in [2.75, 3.05) is 26.4 Å². The third kappa shape index (κ3) is 48.2. The minimum Gasteiger partial charge on any atom is -0.462 e. The number of nitrogens with two attached hydrogens (primary N) is 1. The molecular formula is C53H90NO8P. The number of rotatable bonds is 45. The van der Waals surface area contributed by atoms with Crippen LogP contribution in [0.5, 0.6) is 0 Å². The normalized spacial score (nSPS) is 14.0. The standard InChI is InChI=1S/C53H90NO8P/c1-3-5-7-9-11-12-13-14-15-16-17-18-19-20-21-22-23-24-25-26-27-28-29-30-31-32-33-34-35-36-37-38-40-42-44-46-53(56)62-51(50-61-63(57,58)60-48-47-54)49-59-52(55)45-43-41-39-10-8-6-4-2/h5,7,11-12,14-15,17-18,20-21,23-24,26-27,29-30,51H,3-4,6,8-10,13,16,19,22,25,28,31-50,54H2,1-2H3,(H,57,58)/b7-5-,12-11-,15-14-,18-17-,21-20-,24-23-,27-26-,30-29-. The van der Waals surface area contributed by atoms with E-state index >= 15 is 0 Å². The van der Waals surface area contributed by atoms with Crippen molar-refractivity contribution >= 4 is 19.8 Å². The number of esters is 2. The van der Waals surface area contributed by atoms with E-state index in [2.05, 4.69) is 111 Å².